The molecule has 0 N–H and O–H groups in total. The van der Waals surface area contributed by atoms with Gasteiger partial charge in [0.25, 0.3) is 0 Å². The van der Waals surface area contributed by atoms with Gasteiger partial charge in [-0.15, -0.1) is 0 Å². The third-order valence-corrected chi connectivity index (χ3v) is 4.49. The molecule has 0 aromatic carbocycles. The van der Waals surface area contributed by atoms with E-state index in [2.05, 4.69) is 20.8 Å². The monoisotopic (exact) mass is 260 g/mol. The Morgan fingerprint density at radius 1 is 1.06 bits per heavy atom. The lowest BCUT2D eigenvalue weighted by Crippen LogP contribution is -2.50. The molecule has 0 spiro atoms. The molecule has 0 fully saturated rings. The number of rotatable bonds is 9. The molecule has 3 heteroatoms. The van der Waals surface area contributed by atoms with E-state index in [1.807, 2.05) is 13.8 Å². The van der Waals surface area contributed by atoms with E-state index in [9.17, 15) is 4.79 Å². The third kappa shape index (κ3) is 6.46. The lowest BCUT2D eigenvalue weighted by Gasteiger charge is -2.37. The number of carbonyl (C=O) groups is 1. The summed E-state index contributed by atoms with van der Waals surface area (Å²) in [5.41, 5.74) is 0. The Balaban J connectivity index is 4.19. The largest absolute Gasteiger partial charge is 0.323 e. The van der Waals surface area contributed by atoms with Gasteiger partial charge in [-0.25, -0.2) is 0 Å². The Morgan fingerprint density at radius 3 is 1.94 bits per heavy atom. The van der Waals surface area contributed by atoms with Gasteiger partial charge in [0.1, 0.15) is 0 Å². The predicted octanol–water partition coefficient (Wildman–Crippen LogP) is 3.56. The highest BCUT2D eigenvalue weighted by Crippen LogP contribution is 2.15. The van der Waals surface area contributed by atoms with Crippen molar-refractivity contribution < 1.29 is 9.28 Å². The zero-order chi connectivity index (χ0) is 13.3. The summed E-state index contributed by atoms with van der Waals surface area (Å²) in [5.74, 6) is 1.14. The second-order valence-corrected chi connectivity index (χ2v) is 6.25. The molecular formula is C14H30NOS+. The van der Waals surface area contributed by atoms with Crippen LogP contribution in [0, 0.1) is 5.92 Å². The number of thioether (sulfide) groups is 1. The summed E-state index contributed by atoms with van der Waals surface area (Å²) < 4.78 is 1.19. The van der Waals surface area contributed by atoms with Crippen LogP contribution in [0.2, 0.25) is 0 Å². The molecule has 0 saturated heterocycles. The SMILES string of the molecule is CCC[N+](CC)(CCC)CCSC(=O)C(C)C. The van der Waals surface area contributed by atoms with Crippen molar-refractivity contribution in [3.8, 4) is 0 Å². The maximum absolute atomic E-state index is 11.6. The molecule has 0 aromatic heterocycles. The summed E-state index contributed by atoms with van der Waals surface area (Å²) in [6, 6.07) is 0. The molecule has 0 aliphatic rings. The number of hydrogen-bond acceptors (Lipinski definition) is 2. The quantitative estimate of drug-likeness (QED) is 0.590. The van der Waals surface area contributed by atoms with Crippen LogP contribution in [0.1, 0.15) is 47.5 Å². The zero-order valence-corrected chi connectivity index (χ0v) is 13.1. The Kier molecular flexibility index (Phi) is 8.97. The van der Waals surface area contributed by atoms with Crippen molar-refractivity contribution >= 4 is 16.9 Å². The number of hydrogen-bond donors (Lipinski definition) is 0. The zero-order valence-electron chi connectivity index (χ0n) is 12.3. The van der Waals surface area contributed by atoms with Crippen molar-refractivity contribution in [1.82, 2.24) is 0 Å². The van der Waals surface area contributed by atoms with E-state index >= 15 is 0 Å². The average molecular weight is 260 g/mol. The summed E-state index contributed by atoms with van der Waals surface area (Å²) in [7, 11) is 0. The molecule has 0 heterocycles. The van der Waals surface area contributed by atoms with Gasteiger partial charge in [0, 0.05) is 5.92 Å². The van der Waals surface area contributed by atoms with E-state index in [1.165, 1.54) is 48.7 Å². The molecule has 0 aliphatic heterocycles. The first-order valence-corrected chi connectivity index (χ1v) is 8.01. The Bertz CT molecular complexity index is 210. The molecule has 17 heavy (non-hydrogen) atoms. The lowest BCUT2D eigenvalue weighted by atomic mass is 10.2. The summed E-state index contributed by atoms with van der Waals surface area (Å²) in [5, 5.41) is 0.340. The Labute approximate surface area is 112 Å². The molecule has 0 unspecified atom stereocenters. The highest BCUT2D eigenvalue weighted by Gasteiger charge is 2.23. The molecule has 0 rings (SSSR count). The summed E-state index contributed by atoms with van der Waals surface area (Å²) in [6.07, 6.45) is 2.47. The van der Waals surface area contributed by atoms with Crippen molar-refractivity contribution in [2.45, 2.75) is 47.5 Å². The smallest absolute Gasteiger partial charge is 0.191 e. The van der Waals surface area contributed by atoms with Gasteiger partial charge in [-0.2, -0.15) is 0 Å². The minimum Gasteiger partial charge on any atom is -0.323 e. The Hall–Kier alpha value is -0.0200. The van der Waals surface area contributed by atoms with Crippen LogP contribution in [0.25, 0.3) is 0 Å². The number of carbonyl (C=O) groups excluding carboxylic acids is 1. The topological polar surface area (TPSA) is 17.1 Å². The van der Waals surface area contributed by atoms with Gasteiger partial charge >= 0.3 is 0 Å². The minimum absolute atomic E-state index is 0.167. The van der Waals surface area contributed by atoms with E-state index < -0.39 is 0 Å². The highest BCUT2D eigenvalue weighted by molar-refractivity contribution is 8.13. The molecule has 2 nitrogen and oxygen atoms in total. The van der Waals surface area contributed by atoms with Crippen molar-refractivity contribution in [1.29, 1.82) is 0 Å². The highest BCUT2D eigenvalue weighted by atomic mass is 32.2. The fourth-order valence-corrected chi connectivity index (χ4v) is 3.28. The molecule has 0 saturated carbocycles. The van der Waals surface area contributed by atoms with Crippen LogP contribution < -0.4 is 0 Å². The van der Waals surface area contributed by atoms with Gasteiger partial charge in [0.15, 0.2) is 5.12 Å². The normalized spacial score (nSPS) is 12.1. The van der Waals surface area contributed by atoms with Gasteiger partial charge in [0.05, 0.1) is 31.9 Å². The van der Waals surface area contributed by atoms with Crippen LogP contribution in [0.15, 0.2) is 0 Å². The summed E-state index contributed by atoms with van der Waals surface area (Å²) >= 11 is 1.52. The molecule has 0 bridgehead atoms. The van der Waals surface area contributed by atoms with E-state index in [4.69, 9.17) is 0 Å². The first-order valence-electron chi connectivity index (χ1n) is 7.03. The average Bonchev–Trinajstić information content (AvgIpc) is 2.29. The fraction of sp³-hybridized carbons (Fsp3) is 0.929. The van der Waals surface area contributed by atoms with E-state index in [-0.39, 0.29) is 5.92 Å². The number of quaternary nitrogens is 1. The van der Waals surface area contributed by atoms with E-state index in [0.717, 1.165) is 12.3 Å². The van der Waals surface area contributed by atoms with Gasteiger partial charge in [0.2, 0.25) is 0 Å². The van der Waals surface area contributed by atoms with Gasteiger partial charge in [-0.05, 0) is 19.8 Å². The molecule has 0 amide bonds. The molecule has 0 aliphatic carbocycles. The minimum atomic E-state index is 0.167. The predicted molar refractivity (Wildman–Crippen MR) is 78.3 cm³/mol. The van der Waals surface area contributed by atoms with Crippen LogP contribution in [0.5, 0.6) is 0 Å². The van der Waals surface area contributed by atoms with Gasteiger partial charge in [-0.1, -0.05) is 39.5 Å². The van der Waals surface area contributed by atoms with Crippen LogP contribution in [-0.2, 0) is 4.79 Å². The molecule has 0 atom stereocenters. The van der Waals surface area contributed by atoms with Gasteiger partial charge in [-0.3, -0.25) is 4.79 Å². The van der Waals surface area contributed by atoms with Crippen molar-refractivity contribution in [2.75, 3.05) is 31.9 Å². The molecule has 102 valence electrons. The summed E-state index contributed by atoms with van der Waals surface area (Å²) in [6.45, 7) is 15.6. The van der Waals surface area contributed by atoms with Crippen LogP contribution in [-0.4, -0.2) is 41.5 Å². The van der Waals surface area contributed by atoms with Crippen LogP contribution in [0.4, 0.5) is 0 Å². The van der Waals surface area contributed by atoms with Crippen LogP contribution in [0.3, 0.4) is 0 Å². The molecule has 0 radical (unpaired) electrons. The fourth-order valence-electron chi connectivity index (χ4n) is 2.26. The van der Waals surface area contributed by atoms with Crippen molar-refractivity contribution in [2.24, 2.45) is 5.92 Å². The Morgan fingerprint density at radius 2 is 1.59 bits per heavy atom. The maximum Gasteiger partial charge on any atom is 0.191 e. The lowest BCUT2D eigenvalue weighted by molar-refractivity contribution is -0.924. The third-order valence-electron chi connectivity index (χ3n) is 3.35. The second kappa shape index (κ2) is 8.98. The van der Waals surface area contributed by atoms with Crippen molar-refractivity contribution in [3.63, 3.8) is 0 Å². The number of nitrogens with zero attached hydrogens (tertiary/aromatic N) is 1. The van der Waals surface area contributed by atoms with Crippen molar-refractivity contribution in [3.05, 3.63) is 0 Å². The summed E-state index contributed by atoms with van der Waals surface area (Å²) in [4.78, 5) is 11.6. The van der Waals surface area contributed by atoms with E-state index in [0.29, 0.717) is 5.12 Å². The van der Waals surface area contributed by atoms with E-state index in [1.54, 1.807) is 0 Å². The second-order valence-electron chi connectivity index (χ2n) is 5.15. The van der Waals surface area contributed by atoms with Gasteiger partial charge < -0.3 is 4.48 Å². The standard InChI is InChI=1S/C14H30NOS/c1-6-9-15(8-3,10-7-2)11-12-17-14(16)13(4)5/h13H,6-12H2,1-5H3/q+1. The first kappa shape index (κ1) is 17.0. The maximum atomic E-state index is 11.6. The first-order chi connectivity index (χ1) is 8.01. The molecular weight excluding hydrogens is 230 g/mol. The van der Waals surface area contributed by atoms with Crippen LogP contribution >= 0.6 is 11.8 Å². The molecule has 0 aromatic rings.